The van der Waals surface area contributed by atoms with Gasteiger partial charge in [0.2, 0.25) is 0 Å². The van der Waals surface area contributed by atoms with Gasteiger partial charge in [0.25, 0.3) is 0 Å². The highest BCUT2D eigenvalue weighted by Gasteiger charge is 2.09. The molecule has 0 aromatic carbocycles. The zero-order valence-corrected chi connectivity index (χ0v) is 13.1. The summed E-state index contributed by atoms with van der Waals surface area (Å²) in [6.07, 6.45) is 4.82. The number of rotatable bonds is 10. The summed E-state index contributed by atoms with van der Waals surface area (Å²) in [5.74, 6) is 9.15. The molecule has 126 valence electrons. The number of unbranched alkanes of at least 4 members (excludes halogenated alkanes) is 2. The van der Waals surface area contributed by atoms with Crippen molar-refractivity contribution in [1.29, 1.82) is 0 Å². The number of aliphatic hydroxyl groups excluding tert-OH is 3. The maximum Gasteiger partial charge on any atom is 0.303 e. The third-order valence-corrected chi connectivity index (χ3v) is 2.92. The highest BCUT2D eigenvalue weighted by Crippen LogP contribution is 2.10. The average molecular weight is 320 g/mol. The molecule has 0 heterocycles. The van der Waals surface area contributed by atoms with Gasteiger partial charge in [-0.3, -0.25) is 4.79 Å². The number of carboxylic acid groups (broad SMARTS) is 1. The van der Waals surface area contributed by atoms with Gasteiger partial charge in [0, 0.05) is 12.8 Å². The number of aliphatic hydroxyl groups is 3. The molecule has 23 heavy (non-hydrogen) atoms. The van der Waals surface area contributed by atoms with E-state index in [-0.39, 0.29) is 12.8 Å². The summed E-state index contributed by atoms with van der Waals surface area (Å²) in [4.78, 5) is 10.3. The number of aliphatic carboxylic acids is 1. The van der Waals surface area contributed by atoms with Gasteiger partial charge in [0.05, 0.1) is 12.2 Å². The van der Waals surface area contributed by atoms with Crippen molar-refractivity contribution in [1.82, 2.24) is 0 Å². The van der Waals surface area contributed by atoms with E-state index in [4.69, 9.17) is 10.2 Å². The number of carboxylic acids is 1. The second kappa shape index (κ2) is 13.6. The van der Waals surface area contributed by atoms with Gasteiger partial charge in [-0.05, 0) is 36.8 Å². The topological polar surface area (TPSA) is 98.0 Å². The van der Waals surface area contributed by atoms with Crippen molar-refractivity contribution in [2.45, 2.75) is 56.8 Å². The van der Waals surface area contributed by atoms with Crippen LogP contribution >= 0.6 is 0 Å². The molecule has 0 saturated heterocycles. The van der Waals surface area contributed by atoms with Crippen molar-refractivity contribution >= 4 is 5.97 Å². The minimum Gasteiger partial charge on any atom is -0.481 e. The highest BCUT2D eigenvalue weighted by atomic mass is 16.4. The largest absolute Gasteiger partial charge is 0.481 e. The van der Waals surface area contributed by atoms with E-state index in [1.807, 2.05) is 0 Å². The van der Waals surface area contributed by atoms with Crippen LogP contribution in [-0.2, 0) is 4.79 Å². The maximum atomic E-state index is 10.3. The van der Waals surface area contributed by atoms with Crippen LogP contribution in [0.1, 0.15) is 38.5 Å². The van der Waals surface area contributed by atoms with Crippen LogP contribution in [0.2, 0.25) is 0 Å². The summed E-state index contributed by atoms with van der Waals surface area (Å²) in [6, 6.07) is 0. The van der Waals surface area contributed by atoms with Crippen molar-refractivity contribution in [2.75, 3.05) is 0 Å². The fourth-order valence-corrected chi connectivity index (χ4v) is 1.71. The minimum absolute atomic E-state index is 0.146. The van der Waals surface area contributed by atoms with Gasteiger partial charge in [-0.2, -0.15) is 0 Å². The number of hydrogen-bond donors (Lipinski definition) is 4. The Morgan fingerprint density at radius 2 is 1.87 bits per heavy atom. The van der Waals surface area contributed by atoms with E-state index < -0.39 is 24.3 Å². The molecule has 0 aromatic rings. The van der Waals surface area contributed by atoms with E-state index >= 15 is 0 Å². The van der Waals surface area contributed by atoms with E-state index in [1.54, 1.807) is 0 Å². The SMILES string of the molecule is C=C[C@H](O)C#CC#C/C=C/C(O)CC(O)CCCCCC(=O)O. The quantitative estimate of drug-likeness (QED) is 0.276. The maximum absolute atomic E-state index is 10.3. The molecule has 0 amide bonds. The van der Waals surface area contributed by atoms with E-state index in [0.717, 1.165) is 12.8 Å². The van der Waals surface area contributed by atoms with Crippen LogP contribution in [0.4, 0.5) is 0 Å². The fraction of sp³-hybridized carbons (Fsp3) is 0.500. The lowest BCUT2D eigenvalue weighted by atomic mass is 10.0. The van der Waals surface area contributed by atoms with E-state index in [9.17, 15) is 15.0 Å². The smallest absolute Gasteiger partial charge is 0.303 e. The van der Waals surface area contributed by atoms with E-state index in [2.05, 4.69) is 30.3 Å². The van der Waals surface area contributed by atoms with Crippen LogP contribution in [0.25, 0.3) is 0 Å². The summed E-state index contributed by atoms with van der Waals surface area (Å²) in [5, 5.41) is 37.0. The Labute approximate surface area is 137 Å². The molecule has 0 fully saturated rings. The molecule has 0 aliphatic rings. The Kier molecular flexibility index (Phi) is 12.4. The van der Waals surface area contributed by atoms with Crippen molar-refractivity contribution in [3.05, 3.63) is 24.8 Å². The van der Waals surface area contributed by atoms with Gasteiger partial charge in [0.15, 0.2) is 0 Å². The molecule has 3 atom stereocenters. The number of hydrogen-bond acceptors (Lipinski definition) is 4. The molecule has 0 rings (SSSR count). The monoisotopic (exact) mass is 320 g/mol. The van der Waals surface area contributed by atoms with Crippen LogP contribution in [0, 0.1) is 23.7 Å². The summed E-state index contributed by atoms with van der Waals surface area (Å²) < 4.78 is 0. The average Bonchev–Trinajstić information content (AvgIpc) is 2.49. The van der Waals surface area contributed by atoms with Crippen molar-refractivity contribution < 1.29 is 25.2 Å². The second-order valence-corrected chi connectivity index (χ2v) is 5.03. The molecule has 0 aromatic heterocycles. The number of carbonyl (C=O) groups is 1. The summed E-state index contributed by atoms with van der Waals surface area (Å²) in [5.41, 5.74) is 0. The first-order chi connectivity index (χ1) is 11.0. The van der Waals surface area contributed by atoms with Gasteiger partial charge in [-0.25, -0.2) is 0 Å². The minimum atomic E-state index is -0.899. The van der Waals surface area contributed by atoms with Gasteiger partial charge < -0.3 is 20.4 Å². The lowest BCUT2D eigenvalue weighted by Crippen LogP contribution is -2.15. The molecule has 4 N–H and O–H groups in total. The Morgan fingerprint density at radius 3 is 2.52 bits per heavy atom. The molecule has 0 radical (unpaired) electrons. The first kappa shape index (κ1) is 20.9. The predicted molar refractivity (Wildman–Crippen MR) is 88.2 cm³/mol. The molecule has 5 nitrogen and oxygen atoms in total. The molecule has 2 unspecified atom stereocenters. The van der Waals surface area contributed by atoms with Crippen LogP contribution in [0.15, 0.2) is 24.8 Å². The standard InChI is InChI=1S/C18H24O5/c1-2-15(19)10-6-3-4-7-11-16(20)14-17(21)12-8-5-9-13-18(22)23/h2,7,11,15-17,19-21H,1,5,8-9,12-14H2,(H,22,23)/b11-7+/t15-,16?,17?/m0/s1. The van der Waals surface area contributed by atoms with Crippen LogP contribution in [0.5, 0.6) is 0 Å². The molecule has 0 bridgehead atoms. The second-order valence-electron chi connectivity index (χ2n) is 5.03. The van der Waals surface area contributed by atoms with Gasteiger partial charge in [0.1, 0.15) is 6.10 Å². The third kappa shape index (κ3) is 14.6. The predicted octanol–water partition coefficient (Wildman–Crippen LogP) is 1.24. The molecule has 5 heteroatoms. The molecule has 0 saturated carbocycles. The first-order valence-corrected chi connectivity index (χ1v) is 7.52. The van der Waals surface area contributed by atoms with Crippen molar-refractivity contribution in [3.63, 3.8) is 0 Å². The zero-order chi connectivity index (χ0) is 17.5. The zero-order valence-electron chi connectivity index (χ0n) is 13.1. The number of allylic oxidation sites excluding steroid dienone is 1. The summed E-state index contributed by atoms with van der Waals surface area (Å²) in [7, 11) is 0. The van der Waals surface area contributed by atoms with E-state index in [1.165, 1.54) is 18.2 Å². The van der Waals surface area contributed by atoms with Crippen molar-refractivity contribution in [2.24, 2.45) is 0 Å². The third-order valence-electron chi connectivity index (χ3n) is 2.92. The van der Waals surface area contributed by atoms with Gasteiger partial charge in [-0.1, -0.05) is 37.3 Å². The van der Waals surface area contributed by atoms with Crippen LogP contribution in [-0.4, -0.2) is 44.7 Å². The fourth-order valence-electron chi connectivity index (χ4n) is 1.71. The van der Waals surface area contributed by atoms with Crippen LogP contribution in [0.3, 0.4) is 0 Å². The van der Waals surface area contributed by atoms with Crippen LogP contribution < -0.4 is 0 Å². The Hall–Kier alpha value is -2.05. The Morgan fingerprint density at radius 1 is 1.13 bits per heavy atom. The lowest BCUT2D eigenvalue weighted by molar-refractivity contribution is -0.137. The lowest BCUT2D eigenvalue weighted by Gasteiger charge is -2.12. The molecular formula is C18H24O5. The molecule has 0 aliphatic heterocycles. The first-order valence-electron chi connectivity index (χ1n) is 7.52. The Balaban J connectivity index is 3.90. The highest BCUT2D eigenvalue weighted by molar-refractivity contribution is 5.66. The summed E-state index contributed by atoms with van der Waals surface area (Å²) >= 11 is 0. The molecule has 0 aliphatic carbocycles. The van der Waals surface area contributed by atoms with E-state index in [0.29, 0.717) is 12.8 Å². The summed E-state index contributed by atoms with van der Waals surface area (Å²) in [6.45, 7) is 3.37. The molecule has 0 spiro atoms. The Bertz CT molecular complexity index is 501. The van der Waals surface area contributed by atoms with Gasteiger partial charge in [-0.15, -0.1) is 0 Å². The molecular weight excluding hydrogens is 296 g/mol. The van der Waals surface area contributed by atoms with Crippen molar-refractivity contribution in [3.8, 4) is 23.7 Å². The van der Waals surface area contributed by atoms with Gasteiger partial charge >= 0.3 is 5.97 Å². The normalized spacial score (nSPS) is 14.0.